The maximum absolute atomic E-state index is 12.5. The number of nitrogens with zero attached hydrogens (tertiary/aromatic N) is 4. The fourth-order valence-corrected chi connectivity index (χ4v) is 4.98. The SMILES string of the molecule is COC1(c2ccc(OC(F)(F)F)cc2)CCN(c2ccc(OC[C@H]3CCn4cc([N+](=O)[O-])nc4O3)cc2)CC1. The van der Waals surface area contributed by atoms with Crippen LogP contribution in [0.15, 0.2) is 54.7 Å². The van der Waals surface area contributed by atoms with Crippen molar-refractivity contribution in [1.29, 1.82) is 0 Å². The molecule has 0 N–H and O–H groups in total. The van der Waals surface area contributed by atoms with Crippen LogP contribution in [0.25, 0.3) is 0 Å². The Morgan fingerprint density at radius 2 is 1.74 bits per heavy atom. The van der Waals surface area contributed by atoms with E-state index in [4.69, 9.17) is 14.2 Å². The molecule has 0 unspecified atom stereocenters. The van der Waals surface area contributed by atoms with Gasteiger partial charge in [-0.1, -0.05) is 12.1 Å². The summed E-state index contributed by atoms with van der Waals surface area (Å²) in [5.41, 5.74) is 1.24. The Morgan fingerprint density at radius 1 is 1.08 bits per heavy atom. The Labute approximate surface area is 222 Å². The van der Waals surface area contributed by atoms with Gasteiger partial charge in [-0.25, -0.2) is 0 Å². The molecule has 3 aromatic rings. The number of nitro groups is 1. The number of fused-ring (bicyclic) bond motifs is 1. The third-order valence-electron chi connectivity index (χ3n) is 7.09. The Balaban J connectivity index is 1.14. The molecule has 3 heterocycles. The third kappa shape index (κ3) is 6.03. The van der Waals surface area contributed by atoms with Crippen molar-refractivity contribution in [3.8, 4) is 17.5 Å². The topological polar surface area (TPSA) is 101 Å². The molecule has 1 saturated heterocycles. The fraction of sp³-hybridized carbons (Fsp3) is 0.423. The van der Waals surface area contributed by atoms with Crippen LogP contribution in [0.1, 0.15) is 24.8 Å². The van der Waals surface area contributed by atoms with Crippen LogP contribution >= 0.6 is 0 Å². The molecular weight excluding hydrogens is 521 g/mol. The van der Waals surface area contributed by atoms with Crippen molar-refractivity contribution < 1.29 is 37.0 Å². The van der Waals surface area contributed by atoms with Crippen molar-refractivity contribution in [2.45, 2.75) is 43.9 Å². The molecule has 13 heteroatoms. The zero-order valence-electron chi connectivity index (χ0n) is 21.1. The average molecular weight is 549 g/mol. The predicted octanol–water partition coefficient (Wildman–Crippen LogP) is 5.06. The normalized spacial score (nSPS) is 18.7. The van der Waals surface area contributed by atoms with Gasteiger partial charge in [0.1, 0.15) is 30.4 Å². The fourth-order valence-electron chi connectivity index (χ4n) is 4.98. The van der Waals surface area contributed by atoms with Gasteiger partial charge in [-0.15, -0.1) is 13.2 Å². The van der Waals surface area contributed by atoms with Gasteiger partial charge in [0.15, 0.2) is 0 Å². The summed E-state index contributed by atoms with van der Waals surface area (Å²) in [5.74, 6) is 0.172. The number of imidazole rings is 1. The zero-order valence-corrected chi connectivity index (χ0v) is 21.1. The van der Waals surface area contributed by atoms with E-state index in [0.717, 1.165) is 11.3 Å². The molecule has 208 valence electrons. The molecule has 0 saturated carbocycles. The summed E-state index contributed by atoms with van der Waals surface area (Å²) in [7, 11) is 1.62. The molecule has 0 aliphatic carbocycles. The number of halogens is 3. The van der Waals surface area contributed by atoms with E-state index in [0.29, 0.717) is 44.6 Å². The standard InChI is InChI=1S/C26H27F3N4O6/c1-36-25(18-2-6-21(7-3-18)39-26(27,28)29)11-14-31(15-12-25)19-4-8-20(9-5-19)37-17-22-10-13-32-16-23(33(34)35)30-24(32)38-22/h2-9,16,22H,10-15,17H2,1H3/t22-/m1/s1. The molecule has 2 aromatic carbocycles. The number of methoxy groups -OCH3 is 1. The van der Waals surface area contributed by atoms with Crippen LogP contribution in [0.5, 0.6) is 17.5 Å². The third-order valence-corrected chi connectivity index (χ3v) is 7.09. The summed E-state index contributed by atoms with van der Waals surface area (Å²) < 4.78 is 60.5. The van der Waals surface area contributed by atoms with E-state index in [1.165, 1.54) is 18.3 Å². The van der Waals surface area contributed by atoms with Crippen LogP contribution in [0.3, 0.4) is 0 Å². The van der Waals surface area contributed by atoms with E-state index in [1.54, 1.807) is 23.8 Å². The van der Waals surface area contributed by atoms with E-state index in [-0.39, 0.29) is 30.3 Å². The first-order chi connectivity index (χ1) is 18.6. The quantitative estimate of drug-likeness (QED) is 0.284. The monoisotopic (exact) mass is 548 g/mol. The number of benzene rings is 2. The highest BCUT2D eigenvalue weighted by molar-refractivity contribution is 5.50. The number of alkyl halides is 3. The predicted molar refractivity (Wildman–Crippen MR) is 133 cm³/mol. The zero-order chi connectivity index (χ0) is 27.6. The van der Waals surface area contributed by atoms with Gasteiger partial charge >= 0.3 is 18.2 Å². The van der Waals surface area contributed by atoms with Crippen molar-refractivity contribution in [3.05, 3.63) is 70.4 Å². The number of anilines is 1. The van der Waals surface area contributed by atoms with Crippen molar-refractivity contribution >= 4 is 11.5 Å². The van der Waals surface area contributed by atoms with Crippen molar-refractivity contribution in [2.75, 3.05) is 31.7 Å². The smallest absolute Gasteiger partial charge is 0.490 e. The Bertz CT molecular complexity index is 1290. The Hall–Kier alpha value is -4.00. The maximum Gasteiger partial charge on any atom is 0.573 e. The number of rotatable bonds is 8. The second kappa shape index (κ2) is 10.6. The van der Waals surface area contributed by atoms with E-state index in [1.807, 2.05) is 24.3 Å². The number of hydrogen-bond acceptors (Lipinski definition) is 8. The van der Waals surface area contributed by atoms with Crippen LogP contribution in [0, 0.1) is 10.1 Å². The Morgan fingerprint density at radius 3 is 2.36 bits per heavy atom. The van der Waals surface area contributed by atoms with Crippen LogP contribution in [0.4, 0.5) is 24.7 Å². The molecule has 0 amide bonds. The maximum atomic E-state index is 12.5. The molecular formula is C26H27F3N4O6. The summed E-state index contributed by atoms with van der Waals surface area (Å²) in [6, 6.07) is 13.8. The van der Waals surface area contributed by atoms with Gasteiger partial charge in [0, 0.05) is 43.8 Å². The minimum absolute atomic E-state index is 0.222. The largest absolute Gasteiger partial charge is 0.573 e. The number of ether oxygens (including phenoxy) is 4. The summed E-state index contributed by atoms with van der Waals surface area (Å²) in [5, 5.41) is 10.9. The van der Waals surface area contributed by atoms with Gasteiger partial charge in [0.25, 0.3) is 0 Å². The minimum atomic E-state index is -4.73. The highest BCUT2D eigenvalue weighted by Crippen LogP contribution is 2.39. The summed E-state index contributed by atoms with van der Waals surface area (Å²) in [6.45, 7) is 2.24. The van der Waals surface area contributed by atoms with Crippen LogP contribution in [0.2, 0.25) is 0 Å². The lowest BCUT2D eigenvalue weighted by Gasteiger charge is -2.42. The van der Waals surface area contributed by atoms with Crippen molar-refractivity contribution in [2.24, 2.45) is 0 Å². The first-order valence-electron chi connectivity index (χ1n) is 12.4. The van der Waals surface area contributed by atoms with E-state index in [2.05, 4.69) is 14.6 Å². The van der Waals surface area contributed by atoms with E-state index >= 15 is 0 Å². The molecule has 0 spiro atoms. The van der Waals surface area contributed by atoms with Crippen molar-refractivity contribution in [3.63, 3.8) is 0 Å². The first-order valence-corrected chi connectivity index (χ1v) is 12.4. The number of piperidine rings is 1. The Kier molecular flexibility index (Phi) is 7.25. The summed E-state index contributed by atoms with van der Waals surface area (Å²) in [6.07, 6.45) is -1.66. The number of aromatic nitrogens is 2. The van der Waals surface area contributed by atoms with Gasteiger partial charge < -0.3 is 34.0 Å². The second-order valence-electron chi connectivity index (χ2n) is 9.42. The lowest BCUT2D eigenvalue weighted by molar-refractivity contribution is -0.389. The highest BCUT2D eigenvalue weighted by atomic mass is 19.4. The summed E-state index contributed by atoms with van der Waals surface area (Å²) >= 11 is 0. The molecule has 39 heavy (non-hydrogen) atoms. The minimum Gasteiger partial charge on any atom is -0.490 e. The van der Waals surface area contributed by atoms with Crippen LogP contribution in [-0.2, 0) is 16.9 Å². The molecule has 1 atom stereocenters. The van der Waals surface area contributed by atoms with E-state index in [9.17, 15) is 23.3 Å². The molecule has 10 nitrogen and oxygen atoms in total. The summed E-state index contributed by atoms with van der Waals surface area (Å²) in [4.78, 5) is 16.5. The lowest BCUT2D eigenvalue weighted by Crippen LogP contribution is -2.43. The lowest BCUT2D eigenvalue weighted by atomic mass is 9.84. The number of hydrogen-bond donors (Lipinski definition) is 0. The second-order valence-corrected chi connectivity index (χ2v) is 9.42. The van der Waals surface area contributed by atoms with E-state index < -0.39 is 16.9 Å². The first kappa shape index (κ1) is 26.6. The molecule has 1 aromatic heterocycles. The van der Waals surface area contributed by atoms with Gasteiger partial charge in [-0.3, -0.25) is 4.57 Å². The van der Waals surface area contributed by atoms with Gasteiger partial charge in [-0.2, -0.15) is 0 Å². The van der Waals surface area contributed by atoms with Crippen LogP contribution in [-0.4, -0.2) is 53.7 Å². The molecule has 1 fully saturated rings. The van der Waals surface area contributed by atoms with Gasteiger partial charge in [-0.05, 0) is 59.7 Å². The molecule has 5 rings (SSSR count). The molecule has 2 aliphatic heterocycles. The van der Waals surface area contributed by atoms with Gasteiger partial charge in [0.2, 0.25) is 0 Å². The number of aryl methyl sites for hydroxylation is 1. The molecule has 0 bridgehead atoms. The molecule has 2 aliphatic rings. The van der Waals surface area contributed by atoms with Crippen LogP contribution < -0.4 is 19.1 Å². The van der Waals surface area contributed by atoms with Gasteiger partial charge in [0.05, 0.1) is 5.60 Å². The van der Waals surface area contributed by atoms with Crippen molar-refractivity contribution in [1.82, 2.24) is 9.55 Å². The average Bonchev–Trinajstić information content (AvgIpc) is 3.36. The highest BCUT2D eigenvalue weighted by Gasteiger charge is 2.37. The molecule has 0 radical (unpaired) electrons.